The zero-order valence-electron chi connectivity index (χ0n) is 24.9. The Balaban J connectivity index is 1.96. The highest BCUT2D eigenvalue weighted by Gasteiger charge is 2.40. The van der Waals surface area contributed by atoms with Crippen molar-refractivity contribution < 1.29 is 14.7 Å². The lowest BCUT2D eigenvalue weighted by Crippen LogP contribution is -2.32. The quantitative estimate of drug-likeness (QED) is 0.345. The molecule has 1 amide bonds. The smallest absolute Gasteiger partial charge is 0.253 e. The number of nitrogens with zero attached hydrogens (tertiary/aromatic N) is 3. The molecule has 2 aromatic rings. The van der Waals surface area contributed by atoms with E-state index in [2.05, 4.69) is 73.5 Å². The first kappa shape index (κ1) is 30.9. The van der Waals surface area contributed by atoms with Crippen molar-refractivity contribution in [1.29, 1.82) is 0 Å². The number of aromatic hydroxyl groups is 1. The van der Waals surface area contributed by atoms with E-state index in [-0.39, 0.29) is 40.7 Å². The van der Waals surface area contributed by atoms with Crippen molar-refractivity contribution in [2.45, 2.75) is 78.1 Å². The molecule has 212 valence electrons. The number of carbonyl (C=O) groups excluding carboxylic acids is 2. The monoisotopic (exact) mass is 597 g/mol. The highest BCUT2D eigenvalue weighted by atomic mass is 79.9. The average molecular weight is 599 g/mol. The molecule has 1 saturated heterocycles. The Hall–Kier alpha value is -2.67. The largest absolute Gasteiger partial charge is 0.507 e. The second kappa shape index (κ2) is 11.8. The van der Waals surface area contributed by atoms with Crippen LogP contribution < -0.4 is 0 Å². The fraction of sp³-hybridized carbons (Fsp3) is 0.531. The van der Waals surface area contributed by atoms with Crippen molar-refractivity contribution >= 4 is 33.7 Å². The van der Waals surface area contributed by atoms with E-state index in [1.54, 1.807) is 19.0 Å². The van der Waals surface area contributed by atoms with Crippen LogP contribution in [-0.2, 0) is 10.8 Å². The summed E-state index contributed by atoms with van der Waals surface area (Å²) in [6.07, 6.45) is 2.03. The first-order valence-electron chi connectivity index (χ1n) is 13.8. The van der Waals surface area contributed by atoms with Crippen molar-refractivity contribution in [2.24, 2.45) is 9.94 Å². The molecule has 39 heavy (non-hydrogen) atoms. The van der Waals surface area contributed by atoms with E-state index < -0.39 is 0 Å². The molecule has 1 N–H and O–H groups in total. The van der Waals surface area contributed by atoms with Gasteiger partial charge in [0.15, 0.2) is 5.78 Å². The number of hydrogen-bond acceptors (Lipinski definition) is 4. The Bertz CT molecular complexity index is 1200. The van der Waals surface area contributed by atoms with E-state index >= 15 is 0 Å². The summed E-state index contributed by atoms with van der Waals surface area (Å²) in [5.41, 5.74) is 3.29. The van der Waals surface area contributed by atoms with E-state index in [9.17, 15) is 14.7 Å². The SMILES string of the molecule is CCC[C@H]1CN(CC(=O)c2cc(C(C)(C)C)c(O)c(C(C)(C)C)c2)/C(=N\Br)[C@@H]1c1ccc(C(=O)N(C)C)cc1. The van der Waals surface area contributed by atoms with Gasteiger partial charge >= 0.3 is 0 Å². The zero-order chi connectivity index (χ0) is 29.3. The molecule has 1 fully saturated rings. The molecule has 3 rings (SSSR count). The standard InChI is InChI=1S/C32H44BrN3O3/c1-10-11-22-18-36(29(34-33)27(22)20-12-14-21(15-13-20)30(39)35(8)9)19-26(37)23-16-24(31(2,3)4)28(38)25(17-23)32(5,6)7/h12-17,22,27,38H,10-11,18-19H2,1-9H3/b34-29-/t22-,27+/m0/s1. The average Bonchev–Trinajstić information content (AvgIpc) is 3.18. The Morgan fingerprint density at radius 1 is 1.00 bits per heavy atom. The van der Waals surface area contributed by atoms with E-state index in [1.165, 1.54) is 0 Å². The van der Waals surface area contributed by atoms with Gasteiger partial charge in [0.1, 0.15) is 11.6 Å². The van der Waals surface area contributed by atoms with Crippen molar-refractivity contribution in [1.82, 2.24) is 9.80 Å². The molecular weight excluding hydrogens is 554 g/mol. The van der Waals surface area contributed by atoms with Crippen LogP contribution in [0.3, 0.4) is 0 Å². The summed E-state index contributed by atoms with van der Waals surface area (Å²) in [4.78, 5) is 29.8. The lowest BCUT2D eigenvalue weighted by Gasteiger charge is -2.28. The number of likely N-dealkylation sites (tertiary alicyclic amines) is 1. The number of ketones is 1. The summed E-state index contributed by atoms with van der Waals surface area (Å²) < 4.78 is 4.51. The maximum Gasteiger partial charge on any atom is 0.253 e. The molecule has 0 bridgehead atoms. The summed E-state index contributed by atoms with van der Waals surface area (Å²) in [7, 11) is 3.50. The summed E-state index contributed by atoms with van der Waals surface area (Å²) in [6, 6.07) is 11.5. The summed E-state index contributed by atoms with van der Waals surface area (Å²) >= 11 is 3.36. The lowest BCUT2D eigenvalue weighted by atomic mass is 9.78. The van der Waals surface area contributed by atoms with Crippen LogP contribution >= 0.6 is 16.1 Å². The minimum Gasteiger partial charge on any atom is -0.507 e. The summed E-state index contributed by atoms with van der Waals surface area (Å²) in [5, 5.41) is 11.1. The number of rotatable bonds is 7. The van der Waals surface area contributed by atoms with Crippen LogP contribution in [0.5, 0.6) is 5.75 Å². The fourth-order valence-corrected chi connectivity index (χ4v) is 5.93. The van der Waals surface area contributed by atoms with Gasteiger partial charge in [-0.15, -0.1) is 0 Å². The Morgan fingerprint density at radius 3 is 1.97 bits per heavy atom. The summed E-state index contributed by atoms with van der Waals surface area (Å²) in [6.45, 7) is 15.4. The first-order chi connectivity index (χ1) is 18.1. The topological polar surface area (TPSA) is 73.2 Å². The van der Waals surface area contributed by atoms with Gasteiger partial charge in [0.05, 0.1) is 22.7 Å². The van der Waals surface area contributed by atoms with Crippen LogP contribution in [0.15, 0.2) is 40.4 Å². The fourth-order valence-electron chi connectivity index (χ4n) is 5.49. The van der Waals surface area contributed by atoms with Crippen molar-refractivity contribution in [3.8, 4) is 5.75 Å². The number of benzene rings is 2. The van der Waals surface area contributed by atoms with Gasteiger partial charge in [-0.1, -0.05) is 67.0 Å². The maximum absolute atomic E-state index is 13.8. The van der Waals surface area contributed by atoms with Crippen LogP contribution in [0.25, 0.3) is 0 Å². The first-order valence-corrected chi connectivity index (χ1v) is 14.5. The van der Waals surface area contributed by atoms with Gasteiger partial charge < -0.3 is 14.9 Å². The number of amides is 1. The van der Waals surface area contributed by atoms with E-state index in [1.807, 2.05) is 36.4 Å². The number of phenolic OH excluding ortho intramolecular Hbond substituents is 1. The minimum absolute atomic E-state index is 0.00229. The number of halogens is 1. The van der Waals surface area contributed by atoms with Crippen LogP contribution in [-0.4, -0.2) is 59.6 Å². The zero-order valence-corrected chi connectivity index (χ0v) is 26.5. The lowest BCUT2D eigenvalue weighted by molar-refractivity contribution is 0.0827. The van der Waals surface area contributed by atoms with Gasteiger partial charge in [0.2, 0.25) is 0 Å². The summed E-state index contributed by atoms with van der Waals surface area (Å²) in [5.74, 6) is 1.40. The van der Waals surface area contributed by atoms with Gasteiger partial charge in [-0.05, 0) is 53.0 Å². The number of amidine groups is 1. The maximum atomic E-state index is 13.8. The molecule has 1 aliphatic rings. The molecule has 0 aliphatic carbocycles. The Labute approximate surface area is 242 Å². The molecule has 6 nitrogen and oxygen atoms in total. The molecule has 1 aliphatic heterocycles. The molecule has 0 saturated carbocycles. The van der Waals surface area contributed by atoms with Crippen LogP contribution in [0.2, 0.25) is 0 Å². The number of Topliss-reactive ketones (excluding diaryl/α,β-unsaturated/α-hetero) is 1. The third-order valence-electron chi connectivity index (χ3n) is 7.58. The third-order valence-corrected chi connectivity index (χ3v) is 7.94. The minimum atomic E-state index is -0.312. The highest BCUT2D eigenvalue weighted by Crippen LogP contribution is 2.41. The molecule has 0 spiro atoms. The normalized spacial score (nSPS) is 19.0. The third kappa shape index (κ3) is 6.74. The molecule has 1 heterocycles. The molecule has 2 atom stereocenters. The van der Waals surface area contributed by atoms with Gasteiger partial charge in [-0.3, -0.25) is 9.59 Å². The Kier molecular flexibility index (Phi) is 9.36. The highest BCUT2D eigenvalue weighted by molar-refractivity contribution is 9.08. The van der Waals surface area contributed by atoms with Gasteiger partial charge in [0.25, 0.3) is 5.91 Å². The van der Waals surface area contributed by atoms with Crippen LogP contribution in [0.1, 0.15) is 105 Å². The van der Waals surface area contributed by atoms with E-state index in [0.717, 1.165) is 41.9 Å². The van der Waals surface area contributed by atoms with Crippen molar-refractivity contribution in [3.05, 3.63) is 64.2 Å². The molecule has 0 aromatic heterocycles. The van der Waals surface area contributed by atoms with Crippen LogP contribution in [0.4, 0.5) is 0 Å². The van der Waals surface area contributed by atoms with Gasteiger partial charge in [-0.2, -0.15) is 4.02 Å². The predicted octanol–water partition coefficient (Wildman–Crippen LogP) is 7.10. The van der Waals surface area contributed by atoms with Crippen molar-refractivity contribution in [3.63, 3.8) is 0 Å². The number of carbonyl (C=O) groups is 2. The molecule has 7 heteroatoms. The second-order valence-electron chi connectivity index (χ2n) is 13.0. The van der Waals surface area contributed by atoms with Gasteiger partial charge in [0, 0.05) is 48.8 Å². The van der Waals surface area contributed by atoms with Gasteiger partial charge in [-0.25, -0.2) is 0 Å². The van der Waals surface area contributed by atoms with E-state index in [4.69, 9.17) is 0 Å². The molecule has 0 radical (unpaired) electrons. The number of hydrogen-bond donors (Lipinski definition) is 1. The number of phenols is 1. The Morgan fingerprint density at radius 2 is 1.54 bits per heavy atom. The second-order valence-corrected chi connectivity index (χ2v) is 13.4. The molecule has 2 aromatic carbocycles. The van der Waals surface area contributed by atoms with Crippen molar-refractivity contribution in [2.75, 3.05) is 27.2 Å². The van der Waals surface area contributed by atoms with Crippen LogP contribution in [0, 0.1) is 5.92 Å². The predicted molar refractivity (Wildman–Crippen MR) is 163 cm³/mol. The molecule has 0 unspecified atom stereocenters. The van der Waals surface area contributed by atoms with E-state index in [0.29, 0.717) is 17.0 Å². The molecular formula is C32H44BrN3O3.